The van der Waals surface area contributed by atoms with Crippen LogP contribution < -0.4 is 9.62 Å². The van der Waals surface area contributed by atoms with Gasteiger partial charge in [-0.1, -0.05) is 47.5 Å². The van der Waals surface area contributed by atoms with Gasteiger partial charge in [0.2, 0.25) is 5.91 Å². The maximum Gasteiger partial charge on any atom is 0.261 e. The molecule has 154 valence electrons. The molecule has 0 bridgehead atoms. The number of nitrogens with one attached hydrogen (secondary N) is 1. The van der Waals surface area contributed by atoms with E-state index >= 15 is 0 Å². The molecule has 0 spiro atoms. The minimum absolute atomic E-state index is 0.0412. The van der Waals surface area contributed by atoms with Crippen LogP contribution in [0.5, 0.6) is 0 Å². The molecule has 1 aliphatic rings. The molecule has 1 heterocycles. The molecule has 0 aliphatic carbocycles. The number of anilines is 2. The Labute approximate surface area is 181 Å². The third kappa shape index (κ3) is 4.22. The van der Waals surface area contributed by atoms with Crippen molar-refractivity contribution in [3.8, 4) is 0 Å². The molecule has 1 amide bonds. The van der Waals surface area contributed by atoms with Crippen molar-refractivity contribution in [2.75, 3.05) is 15.4 Å². The summed E-state index contributed by atoms with van der Waals surface area (Å²) in [6.07, 6.45) is 0. The summed E-state index contributed by atoms with van der Waals surface area (Å²) in [5.74, 6) is 0.428. The van der Waals surface area contributed by atoms with Gasteiger partial charge in [-0.15, -0.1) is 11.8 Å². The summed E-state index contributed by atoms with van der Waals surface area (Å²) in [5.41, 5.74) is 4.30. The molecule has 30 heavy (non-hydrogen) atoms. The van der Waals surface area contributed by atoms with Gasteiger partial charge < -0.3 is 0 Å². The Morgan fingerprint density at radius 3 is 2.23 bits per heavy atom. The summed E-state index contributed by atoms with van der Waals surface area (Å²) in [6.45, 7) is 3.92. The monoisotopic (exact) mass is 438 g/mol. The van der Waals surface area contributed by atoms with Crippen molar-refractivity contribution in [3.63, 3.8) is 0 Å². The normalized spacial score (nSPS) is 16.7. The maximum absolute atomic E-state index is 12.7. The summed E-state index contributed by atoms with van der Waals surface area (Å²) in [5, 5.41) is -0.205. The first-order valence-electron chi connectivity index (χ1n) is 9.53. The molecule has 0 unspecified atom stereocenters. The Hall–Kier alpha value is -2.77. The highest BCUT2D eigenvalue weighted by atomic mass is 32.2. The quantitative estimate of drug-likeness (QED) is 0.616. The van der Waals surface area contributed by atoms with Gasteiger partial charge in [-0.05, 0) is 55.8 Å². The average Bonchev–Trinajstić information content (AvgIpc) is 3.10. The summed E-state index contributed by atoms with van der Waals surface area (Å²) >= 11 is 1.53. The fourth-order valence-electron chi connectivity index (χ4n) is 3.34. The van der Waals surface area contributed by atoms with Crippen LogP contribution in [-0.2, 0) is 14.8 Å². The minimum atomic E-state index is -3.69. The second-order valence-corrected chi connectivity index (χ2v) is 10.1. The second-order valence-electron chi connectivity index (χ2n) is 7.31. The lowest BCUT2D eigenvalue weighted by molar-refractivity contribution is -0.115. The first kappa shape index (κ1) is 20.5. The topological polar surface area (TPSA) is 66.5 Å². The van der Waals surface area contributed by atoms with E-state index in [0.29, 0.717) is 11.4 Å². The molecule has 1 fully saturated rings. The zero-order valence-electron chi connectivity index (χ0n) is 16.7. The van der Waals surface area contributed by atoms with Crippen molar-refractivity contribution in [1.82, 2.24) is 0 Å². The number of sulfonamides is 1. The number of hydrogen-bond donors (Lipinski definition) is 1. The second kappa shape index (κ2) is 8.16. The molecule has 7 heteroatoms. The Morgan fingerprint density at radius 1 is 0.933 bits per heavy atom. The molecule has 0 radical (unpaired) electrons. The molecule has 1 N–H and O–H groups in total. The number of nitrogens with zero attached hydrogens (tertiary/aromatic N) is 1. The molecular weight excluding hydrogens is 416 g/mol. The van der Waals surface area contributed by atoms with Gasteiger partial charge in [-0.3, -0.25) is 14.4 Å². The van der Waals surface area contributed by atoms with Gasteiger partial charge in [0, 0.05) is 11.4 Å². The number of aryl methyl sites for hydroxylation is 2. The predicted octanol–water partition coefficient (Wildman–Crippen LogP) is 4.88. The highest BCUT2D eigenvalue weighted by molar-refractivity contribution is 8.00. The zero-order chi connectivity index (χ0) is 21.3. The van der Waals surface area contributed by atoms with E-state index in [2.05, 4.69) is 4.72 Å². The minimum Gasteiger partial charge on any atom is -0.295 e. The number of benzene rings is 3. The van der Waals surface area contributed by atoms with Crippen LogP contribution in [0.3, 0.4) is 0 Å². The van der Waals surface area contributed by atoms with Crippen LogP contribution in [0.25, 0.3) is 0 Å². The van der Waals surface area contributed by atoms with Gasteiger partial charge in [0.1, 0.15) is 5.37 Å². The molecule has 1 atom stereocenters. The lowest BCUT2D eigenvalue weighted by Gasteiger charge is -2.25. The van der Waals surface area contributed by atoms with Crippen LogP contribution in [0.4, 0.5) is 11.4 Å². The Kier molecular flexibility index (Phi) is 5.58. The van der Waals surface area contributed by atoms with Crippen LogP contribution in [0, 0.1) is 13.8 Å². The third-order valence-electron chi connectivity index (χ3n) is 4.94. The number of carbonyl (C=O) groups is 1. The van der Waals surface area contributed by atoms with Crippen molar-refractivity contribution >= 4 is 39.1 Å². The average molecular weight is 439 g/mol. The molecular formula is C23H22N2O3S2. The molecule has 0 saturated carbocycles. The van der Waals surface area contributed by atoms with E-state index in [1.54, 1.807) is 47.4 Å². The van der Waals surface area contributed by atoms with Crippen molar-refractivity contribution in [2.45, 2.75) is 24.1 Å². The number of carbonyl (C=O) groups excluding carboxylic acids is 1. The summed E-state index contributed by atoms with van der Waals surface area (Å²) in [4.78, 5) is 14.6. The standard InChI is InChI=1S/C23H22N2O3S2/c1-16-6-10-20(11-7-16)25-22(26)15-29-23(25)18-4-3-5-19(14-18)24-30(27,28)21-12-8-17(2)9-13-21/h3-14,23-24H,15H2,1-2H3/t23-/m0/s1. The van der Waals surface area contributed by atoms with Crippen LogP contribution in [0.2, 0.25) is 0 Å². The molecule has 1 aliphatic heterocycles. The largest absolute Gasteiger partial charge is 0.295 e. The fraction of sp³-hybridized carbons (Fsp3) is 0.174. The lowest BCUT2D eigenvalue weighted by Crippen LogP contribution is -2.27. The summed E-state index contributed by atoms with van der Waals surface area (Å²) in [6, 6.07) is 21.8. The van der Waals surface area contributed by atoms with Crippen molar-refractivity contribution in [2.24, 2.45) is 0 Å². The van der Waals surface area contributed by atoms with Gasteiger partial charge in [0.05, 0.1) is 10.6 Å². The number of thioether (sulfide) groups is 1. The predicted molar refractivity (Wildman–Crippen MR) is 122 cm³/mol. The molecule has 1 saturated heterocycles. The van der Waals surface area contributed by atoms with E-state index in [1.165, 1.54) is 11.8 Å². The van der Waals surface area contributed by atoms with Crippen molar-refractivity contribution in [1.29, 1.82) is 0 Å². The van der Waals surface area contributed by atoms with Gasteiger partial charge in [0.25, 0.3) is 10.0 Å². The molecule has 3 aromatic rings. The van der Waals surface area contributed by atoms with E-state index in [0.717, 1.165) is 22.4 Å². The highest BCUT2D eigenvalue weighted by Crippen LogP contribution is 2.42. The molecule has 5 nitrogen and oxygen atoms in total. The number of amides is 1. The fourth-order valence-corrected chi connectivity index (χ4v) is 5.56. The molecule has 4 rings (SSSR count). The first-order valence-corrected chi connectivity index (χ1v) is 12.1. The Morgan fingerprint density at radius 2 is 1.57 bits per heavy atom. The zero-order valence-corrected chi connectivity index (χ0v) is 18.3. The first-order chi connectivity index (χ1) is 14.3. The van der Waals surface area contributed by atoms with E-state index < -0.39 is 10.0 Å². The molecule has 3 aromatic carbocycles. The van der Waals surface area contributed by atoms with Crippen LogP contribution >= 0.6 is 11.8 Å². The summed E-state index contributed by atoms with van der Waals surface area (Å²) in [7, 11) is -3.69. The van der Waals surface area contributed by atoms with E-state index in [9.17, 15) is 13.2 Å². The van der Waals surface area contributed by atoms with Crippen LogP contribution in [0.15, 0.2) is 77.7 Å². The lowest BCUT2D eigenvalue weighted by atomic mass is 10.1. The van der Waals surface area contributed by atoms with Gasteiger partial charge in [-0.25, -0.2) is 8.42 Å². The molecule has 0 aromatic heterocycles. The smallest absolute Gasteiger partial charge is 0.261 e. The van der Waals surface area contributed by atoms with E-state index in [-0.39, 0.29) is 16.2 Å². The summed E-state index contributed by atoms with van der Waals surface area (Å²) < 4.78 is 28.1. The van der Waals surface area contributed by atoms with Crippen LogP contribution in [-0.4, -0.2) is 20.1 Å². The third-order valence-corrected chi connectivity index (χ3v) is 7.54. The van der Waals surface area contributed by atoms with Gasteiger partial charge >= 0.3 is 0 Å². The van der Waals surface area contributed by atoms with Crippen molar-refractivity contribution < 1.29 is 13.2 Å². The maximum atomic E-state index is 12.7. The van der Waals surface area contributed by atoms with Gasteiger partial charge in [0.15, 0.2) is 0 Å². The Bertz CT molecular complexity index is 1170. The van der Waals surface area contributed by atoms with E-state index in [4.69, 9.17) is 0 Å². The Balaban J connectivity index is 1.62. The van der Waals surface area contributed by atoms with Gasteiger partial charge in [-0.2, -0.15) is 0 Å². The van der Waals surface area contributed by atoms with Crippen molar-refractivity contribution in [3.05, 3.63) is 89.5 Å². The van der Waals surface area contributed by atoms with E-state index in [1.807, 2.05) is 44.2 Å². The highest BCUT2D eigenvalue weighted by Gasteiger charge is 2.34. The number of rotatable bonds is 5. The van der Waals surface area contributed by atoms with Crippen LogP contribution in [0.1, 0.15) is 22.1 Å². The SMILES string of the molecule is Cc1ccc(N2C(=O)CS[C@H]2c2cccc(NS(=O)(=O)c3ccc(C)cc3)c2)cc1. The number of hydrogen-bond acceptors (Lipinski definition) is 4.